The van der Waals surface area contributed by atoms with Crippen LogP contribution < -0.4 is 60.6 Å². The Kier molecular flexibility index (Phi) is 32.5. The van der Waals surface area contributed by atoms with Crippen molar-refractivity contribution in [2.45, 2.75) is 170 Å². The van der Waals surface area contributed by atoms with Crippen LogP contribution in [0.1, 0.15) is 128 Å². The molecule has 25 nitrogen and oxygen atoms in total. The normalized spacial score (nSPS) is 19.6. The first-order valence-electron chi connectivity index (χ1n) is 43.4. The first-order valence-corrected chi connectivity index (χ1v) is 43.4. The molecule has 123 heavy (non-hydrogen) atoms. The molecule has 16 N–H and O–H groups in total. The van der Waals surface area contributed by atoms with Crippen molar-refractivity contribution in [2.24, 2.45) is 38.7 Å². The fourth-order valence-corrected chi connectivity index (χ4v) is 18.0. The largest absolute Gasteiger partial charge is 0.370 e. The van der Waals surface area contributed by atoms with E-state index in [1.807, 2.05) is 109 Å². The molecule has 650 valence electrons. The summed E-state index contributed by atoms with van der Waals surface area (Å²) in [4.78, 5) is 112. The quantitative estimate of drug-likeness (QED) is 0.0109. The average molecular weight is 1680 g/mol. The molecule has 4 aliphatic heterocycles. The number of rotatable bonds is 31. The molecule has 0 spiro atoms. The first-order chi connectivity index (χ1) is 59.7. The number of hydrogen-bond donors (Lipinski definition) is 11. The first kappa shape index (κ1) is 90.3. The van der Waals surface area contributed by atoms with Gasteiger partial charge in [0.1, 0.15) is 29.8 Å². The lowest BCUT2D eigenvalue weighted by molar-refractivity contribution is -0.142. The number of benzene rings is 9. The highest BCUT2D eigenvalue weighted by atomic mass is 19.1. The molecule has 0 unspecified atom stereocenters. The molecule has 8 atom stereocenters. The van der Waals surface area contributed by atoms with Gasteiger partial charge >= 0.3 is 6.03 Å². The van der Waals surface area contributed by atoms with Gasteiger partial charge in [0.2, 0.25) is 29.5 Å². The van der Waals surface area contributed by atoms with Crippen molar-refractivity contribution in [1.29, 1.82) is 0 Å². The lowest BCUT2D eigenvalue weighted by Crippen LogP contribution is -2.55. The highest BCUT2D eigenvalue weighted by Crippen LogP contribution is 2.41. The van der Waals surface area contributed by atoms with E-state index in [4.69, 9.17) is 28.7 Å². The van der Waals surface area contributed by atoms with E-state index in [0.29, 0.717) is 135 Å². The van der Waals surface area contributed by atoms with E-state index in [-0.39, 0.29) is 94.6 Å². The van der Waals surface area contributed by atoms with Crippen LogP contribution in [0.2, 0.25) is 0 Å². The second kappa shape index (κ2) is 44.2. The molecule has 0 bridgehead atoms. The van der Waals surface area contributed by atoms with Gasteiger partial charge in [0.25, 0.3) is 5.91 Å². The van der Waals surface area contributed by atoms with Gasteiger partial charge in [0, 0.05) is 122 Å². The number of hydrogen-bond acceptors (Lipinski definition) is 13. The van der Waals surface area contributed by atoms with Gasteiger partial charge in [0.05, 0.1) is 18.1 Å². The van der Waals surface area contributed by atoms with Crippen LogP contribution in [0.3, 0.4) is 0 Å². The minimum Gasteiger partial charge on any atom is -0.370 e. The predicted molar refractivity (Wildman–Crippen MR) is 482 cm³/mol. The predicted octanol–water partition coefficient (Wildman–Crippen LogP) is 9.41. The lowest BCUT2D eigenvalue weighted by atomic mass is 9.69. The van der Waals surface area contributed by atoms with E-state index >= 15 is 0 Å². The number of urea groups is 1. The van der Waals surface area contributed by atoms with E-state index in [9.17, 15) is 42.3 Å². The fourth-order valence-electron chi connectivity index (χ4n) is 18.0. The summed E-state index contributed by atoms with van der Waals surface area (Å²) in [6.45, 7) is 5.90. The number of halogens is 2. The molecule has 9 aromatic rings. The van der Waals surface area contributed by atoms with Gasteiger partial charge in [-0.3, -0.25) is 38.8 Å². The number of carbonyl (C=O) groups excluding carboxylic acids is 7. The zero-order chi connectivity index (χ0) is 86.8. The van der Waals surface area contributed by atoms with Crippen molar-refractivity contribution < 1.29 is 42.3 Å². The number of likely N-dealkylation sites (N-methyl/N-ethyl adjacent to an activating group) is 2. The number of guanidine groups is 2. The highest BCUT2D eigenvalue weighted by Gasteiger charge is 2.49. The van der Waals surface area contributed by atoms with Gasteiger partial charge < -0.3 is 85.1 Å². The van der Waals surface area contributed by atoms with Crippen molar-refractivity contribution in [2.75, 3.05) is 79.5 Å². The molecule has 4 heterocycles. The average Bonchev–Trinajstić information content (AvgIpc) is 1.63. The second-order valence-electron chi connectivity index (χ2n) is 33.0. The summed E-state index contributed by atoms with van der Waals surface area (Å²) < 4.78 is 26.7. The molecule has 9 aromatic carbocycles. The van der Waals surface area contributed by atoms with E-state index in [2.05, 4.69) is 95.3 Å². The van der Waals surface area contributed by atoms with Crippen LogP contribution in [0.25, 0.3) is 32.3 Å². The molecule has 5 fully saturated rings. The number of nitrogens with one attached hydrogen (secondary N) is 6. The van der Waals surface area contributed by atoms with Gasteiger partial charge in [-0.25, -0.2) is 13.6 Å². The van der Waals surface area contributed by atoms with Gasteiger partial charge in [-0.05, 0) is 174 Å². The van der Waals surface area contributed by atoms with Crippen LogP contribution in [0.15, 0.2) is 216 Å². The van der Waals surface area contributed by atoms with Crippen LogP contribution in [0.5, 0.6) is 0 Å². The third-order valence-corrected chi connectivity index (χ3v) is 24.5. The Morgan fingerprint density at radius 2 is 1.00 bits per heavy atom. The molecular formula is C96H120F2N18O7. The molecule has 1 saturated carbocycles. The van der Waals surface area contributed by atoms with Crippen molar-refractivity contribution in [3.8, 4) is 0 Å². The monoisotopic (exact) mass is 1670 g/mol. The zero-order valence-electron chi connectivity index (χ0n) is 70.7. The molecule has 27 heteroatoms. The van der Waals surface area contributed by atoms with Crippen LogP contribution in [0, 0.1) is 11.6 Å². The van der Waals surface area contributed by atoms with Crippen molar-refractivity contribution in [3.63, 3.8) is 0 Å². The number of nitrogens with two attached hydrogens (primary N) is 5. The van der Waals surface area contributed by atoms with Crippen LogP contribution in [0.4, 0.5) is 13.6 Å². The van der Waals surface area contributed by atoms with Crippen molar-refractivity contribution >= 4 is 85.7 Å². The number of nitrogens with zero attached hydrogens (tertiary/aromatic N) is 7. The summed E-state index contributed by atoms with van der Waals surface area (Å²) in [5.41, 5.74) is 33.5. The van der Waals surface area contributed by atoms with Gasteiger partial charge in [-0.1, -0.05) is 189 Å². The molecule has 5 aliphatic rings. The minimum atomic E-state index is -0.781. The number of amides is 8. The molecule has 8 amide bonds. The summed E-state index contributed by atoms with van der Waals surface area (Å²) in [7, 11) is 3.17. The third kappa shape index (κ3) is 24.5. The SMILES string of the molecule is CNC(=O)[C@H](Cc1ccc2ccccc2c1)N1CC[C@H](CNCc2ccc(F)cc2)N[C@@H](CCCN=C(N)N)C1=O.CNC(=O)[C@H](Cc1ccc2ccccc2c1)N1CC[C@H]2CN(Cc3ccc(F)cc3)C(=O)N2[C@@H](CCCN=C(N)N)C1=O.NCCC[C@@H]1N[C@H](CNC(=O)c2ccc3ccccc3c2)CCN(CC2(c3ccccc3)CCCCC2)C1=O. The maximum Gasteiger partial charge on any atom is 0.321 e. The summed E-state index contributed by atoms with van der Waals surface area (Å²) in [6, 6.07) is 62.0. The maximum atomic E-state index is 14.3. The number of carbonyl (C=O) groups is 7. The Bertz CT molecular complexity index is 5110. The van der Waals surface area contributed by atoms with Crippen LogP contribution in [-0.2, 0) is 55.3 Å². The van der Waals surface area contributed by atoms with Crippen LogP contribution >= 0.6 is 0 Å². The number of fused-ring (bicyclic) bond motifs is 4. The Labute approximate surface area is 719 Å². The second-order valence-corrected chi connectivity index (χ2v) is 33.0. The topological polar surface area (TPSA) is 363 Å². The Hall–Kier alpha value is -11.9. The van der Waals surface area contributed by atoms with Crippen molar-refractivity contribution in [1.82, 2.24) is 56.4 Å². The van der Waals surface area contributed by atoms with Gasteiger partial charge in [0.15, 0.2) is 11.9 Å². The number of aliphatic imine (C=N–C) groups is 2. The Morgan fingerprint density at radius 1 is 0.512 bits per heavy atom. The molecular weight excluding hydrogens is 1560 g/mol. The highest BCUT2D eigenvalue weighted by molar-refractivity contribution is 5.99. The Morgan fingerprint density at radius 3 is 1.57 bits per heavy atom. The molecule has 4 saturated heterocycles. The summed E-state index contributed by atoms with van der Waals surface area (Å²) in [5.74, 6) is -1.36. The lowest BCUT2D eigenvalue weighted by Gasteiger charge is -2.42. The standard InChI is InChI=1S/C33H42N4O2.C32H38FN7O3.C31H40FN7O2/c34-20-9-14-30-32(39)37(24-33(18-7-2-8-19-33)28-12-3-1-4-13-28)21-17-29(36-30)23-35-31(38)27-16-15-25-10-5-6-11-26(25)22-27;1-36-29(41)28(18-22-8-11-23-5-2-3-6-24(23)17-22)39-16-14-26-20-38(19-21-9-12-25(33)13-10-21)32(43)40(26)27(30(39)42)7-4-15-37-31(34)35;1-35-29(40)28(18-22-8-11-23-5-2-3-6-24(23)17-22)39-16-14-26(20-36-19-21-9-12-25(32)13-10-21)38-27(30(39)41)7-4-15-37-31(33)34/h1,3-6,10-13,15-16,22,29-30,36H,2,7-9,14,17-21,23-24,34H2,(H,35,38);2-3,5-6,8-13,17,26-28H,4,7,14-16,18-20H2,1H3,(H,36,41)(H4,34,35,37);2-3,5-6,8-13,17,26-28,36,38H,4,7,14-16,18-20H2,1H3,(H,35,40)(H4,33,34,37)/t29-,30-;26-,27-,28-;26-,27+,28+/m001/s1. The van der Waals surface area contributed by atoms with Gasteiger partial charge in [-0.2, -0.15) is 0 Å². The van der Waals surface area contributed by atoms with E-state index in [1.54, 1.807) is 58.0 Å². The van der Waals surface area contributed by atoms with Gasteiger partial charge in [-0.15, -0.1) is 0 Å². The smallest absolute Gasteiger partial charge is 0.321 e. The summed E-state index contributed by atoms with van der Waals surface area (Å²) >= 11 is 0. The molecule has 0 radical (unpaired) electrons. The van der Waals surface area contributed by atoms with E-state index in [1.165, 1.54) is 49.1 Å². The van der Waals surface area contributed by atoms with E-state index < -0.39 is 24.2 Å². The summed E-state index contributed by atoms with van der Waals surface area (Å²) in [6.07, 6.45) is 12.1. The molecule has 14 rings (SSSR count). The summed E-state index contributed by atoms with van der Waals surface area (Å²) in [5, 5.41) is 25.7. The third-order valence-electron chi connectivity index (χ3n) is 24.5. The van der Waals surface area contributed by atoms with E-state index in [0.717, 1.165) is 86.8 Å². The fraction of sp³-hybridized carbons (Fsp3) is 0.406. The zero-order valence-corrected chi connectivity index (χ0v) is 70.7. The van der Waals surface area contributed by atoms with Crippen LogP contribution in [-0.4, -0.2) is 206 Å². The maximum absolute atomic E-state index is 14.3. The molecule has 0 aromatic heterocycles. The van der Waals surface area contributed by atoms with Crippen molar-refractivity contribution in [3.05, 3.63) is 251 Å². The Balaban J connectivity index is 0.000000169. The minimum absolute atomic E-state index is 0.0107. The molecule has 1 aliphatic carbocycles.